The summed E-state index contributed by atoms with van der Waals surface area (Å²) in [4.78, 5) is 0. The van der Waals surface area contributed by atoms with Gasteiger partial charge >= 0.3 is 0 Å². The minimum Gasteiger partial charge on any atom is -0.505 e. The summed E-state index contributed by atoms with van der Waals surface area (Å²) >= 11 is 5.91. The van der Waals surface area contributed by atoms with Crippen molar-refractivity contribution in [2.24, 2.45) is 0 Å². The lowest BCUT2D eigenvalue weighted by molar-refractivity contribution is 0.484. The molecule has 3 nitrogen and oxygen atoms in total. The van der Waals surface area contributed by atoms with Gasteiger partial charge in [0.2, 0.25) is 0 Å². The van der Waals surface area contributed by atoms with Gasteiger partial charge in [-0.25, -0.2) is 0 Å². The standard InChI is InChI=1S/C12H8ClNO2/c13-6-1-3-9-7(5-6)11-10(16-9)4-2-8(14)12(11)15/h1-5,15H,14H2. The quantitative estimate of drug-likeness (QED) is 0.461. The van der Waals surface area contributed by atoms with Crippen LogP contribution in [0.25, 0.3) is 21.9 Å². The van der Waals surface area contributed by atoms with Gasteiger partial charge in [0.05, 0.1) is 11.1 Å². The molecule has 0 saturated heterocycles. The predicted octanol–water partition coefficient (Wildman–Crippen LogP) is 3.53. The van der Waals surface area contributed by atoms with E-state index in [-0.39, 0.29) is 5.75 Å². The number of hydrogen-bond donors (Lipinski definition) is 2. The first kappa shape index (κ1) is 9.36. The van der Waals surface area contributed by atoms with Crippen LogP contribution in [0.3, 0.4) is 0 Å². The Morgan fingerprint density at radius 2 is 1.88 bits per heavy atom. The van der Waals surface area contributed by atoms with Crippen molar-refractivity contribution in [1.29, 1.82) is 0 Å². The molecule has 0 spiro atoms. The maximum atomic E-state index is 9.91. The van der Waals surface area contributed by atoms with Crippen LogP contribution in [0.1, 0.15) is 0 Å². The summed E-state index contributed by atoms with van der Waals surface area (Å²) in [5.41, 5.74) is 7.26. The summed E-state index contributed by atoms with van der Waals surface area (Å²) in [7, 11) is 0. The maximum Gasteiger partial charge on any atom is 0.150 e. The second kappa shape index (κ2) is 3.06. The number of rotatable bonds is 0. The molecule has 0 aliphatic carbocycles. The van der Waals surface area contributed by atoms with Gasteiger partial charge in [-0.05, 0) is 30.3 Å². The number of benzene rings is 2. The van der Waals surface area contributed by atoms with E-state index in [1.54, 1.807) is 30.3 Å². The highest BCUT2D eigenvalue weighted by molar-refractivity contribution is 6.31. The highest BCUT2D eigenvalue weighted by Crippen LogP contribution is 2.38. The van der Waals surface area contributed by atoms with E-state index < -0.39 is 0 Å². The van der Waals surface area contributed by atoms with E-state index in [2.05, 4.69) is 0 Å². The van der Waals surface area contributed by atoms with Gasteiger partial charge in [0, 0.05) is 10.4 Å². The molecular weight excluding hydrogens is 226 g/mol. The lowest BCUT2D eigenvalue weighted by Crippen LogP contribution is -1.84. The number of halogens is 1. The monoisotopic (exact) mass is 233 g/mol. The normalized spacial score (nSPS) is 11.3. The number of phenolic OH excluding ortho intramolecular Hbond substituents is 1. The summed E-state index contributed by atoms with van der Waals surface area (Å²) < 4.78 is 5.57. The molecule has 0 aliphatic heterocycles. The predicted molar refractivity (Wildman–Crippen MR) is 64.8 cm³/mol. The molecule has 4 heteroatoms. The van der Waals surface area contributed by atoms with Gasteiger partial charge in [-0.3, -0.25) is 0 Å². The summed E-state index contributed by atoms with van der Waals surface area (Å²) in [6.45, 7) is 0. The first-order chi connectivity index (χ1) is 7.66. The summed E-state index contributed by atoms with van der Waals surface area (Å²) in [5.74, 6) is 0.0403. The summed E-state index contributed by atoms with van der Waals surface area (Å²) in [6.07, 6.45) is 0. The molecule has 0 saturated carbocycles. The van der Waals surface area contributed by atoms with Gasteiger partial charge in [0.1, 0.15) is 16.9 Å². The van der Waals surface area contributed by atoms with Gasteiger partial charge in [0.25, 0.3) is 0 Å². The Hall–Kier alpha value is -1.87. The van der Waals surface area contributed by atoms with Crippen molar-refractivity contribution in [3.63, 3.8) is 0 Å². The maximum absolute atomic E-state index is 9.91. The van der Waals surface area contributed by atoms with E-state index in [0.29, 0.717) is 27.3 Å². The van der Waals surface area contributed by atoms with E-state index >= 15 is 0 Å². The van der Waals surface area contributed by atoms with E-state index in [0.717, 1.165) is 5.39 Å². The van der Waals surface area contributed by atoms with E-state index in [1.165, 1.54) is 0 Å². The molecule has 0 fully saturated rings. The van der Waals surface area contributed by atoms with Crippen molar-refractivity contribution in [3.05, 3.63) is 35.4 Å². The van der Waals surface area contributed by atoms with Gasteiger partial charge in [-0.1, -0.05) is 11.6 Å². The molecule has 3 rings (SSSR count). The molecule has 0 atom stereocenters. The minimum atomic E-state index is 0.0403. The molecule has 0 aliphatic rings. The SMILES string of the molecule is Nc1ccc2oc3ccc(Cl)cc3c2c1O. The molecule has 80 valence electrons. The summed E-state index contributed by atoms with van der Waals surface area (Å²) in [5, 5.41) is 11.9. The van der Waals surface area contributed by atoms with Crippen LogP contribution in [0.4, 0.5) is 5.69 Å². The molecule has 3 N–H and O–H groups in total. The number of nitrogen functional groups attached to an aromatic ring is 1. The second-order valence-electron chi connectivity index (χ2n) is 3.62. The van der Waals surface area contributed by atoms with Crippen LogP contribution in [-0.4, -0.2) is 5.11 Å². The number of aromatic hydroxyl groups is 1. The fourth-order valence-corrected chi connectivity index (χ4v) is 2.01. The zero-order valence-electron chi connectivity index (χ0n) is 8.20. The molecule has 0 bridgehead atoms. The van der Waals surface area contributed by atoms with Crippen molar-refractivity contribution in [3.8, 4) is 5.75 Å². The Bertz CT molecular complexity index is 703. The fourth-order valence-electron chi connectivity index (χ4n) is 1.84. The molecule has 0 radical (unpaired) electrons. The molecule has 2 aromatic carbocycles. The number of furan rings is 1. The summed E-state index contributed by atoms with van der Waals surface area (Å²) in [6, 6.07) is 8.61. The lowest BCUT2D eigenvalue weighted by atomic mass is 10.1. The van der Waals surface area contributed by atoms with Crippen molar-refractivity contribution in [1.82, 2.24) is 0 Å². The first-order valence-corrected chi connectivity index (χ1v) is 5.14. The highest BCUT2D eigenvalue weighted by atomic mass is 35.5. The van der Waals surface area contributed by atoms with Gasteiger partial charge in [-0.2, -0.15) is 0 Å². The molecular formula is C12H8ClNO2. The Morgan fingerprint density at radius 1 is 1.12 bits per heavy atom. The largest absolute Gasteiger partial charge is 0.505 e. The number of fused-ring (bicyclic) bond motifs is 3. The van der Waals surface area contributed by atoms with Gasteiger partial charge in [-0.15, -0.1) is 0 Å². The number of phenols is 1. The van der Waals surface area contributed by atoms with Crippen molar-refractivity contribution < 1.29 is 9.52 Å². The average Bonchev–Trinajstić information content (AvgIpc) is 2.62. The third-order valence-corrected chi connectivity index (χ3v) is 2.84. The Balaban J connectivity index is 2.60. The van der Waals surface area contributed by atoms with E-state index in [9.17, 15) is 5.11 Å². The number of nitrogens with two attached hydrogens (primary N) is 1. The van der Waals surface area contributed by atoms with Crippen LogP contribution in [-0.2, 0) is 0 Å². The minimum absolute atomic E-state index is 0.0403. The third kappa shape index (κ3) is 1.15. The van der Waals surface area contributed by atoms with E-state index in [4.69, 9.17) is 21.8 Å². The number of hydrogen-bond acceptors (Lipinski definition) is 3. The first-order valence-electron chi connectivity index (χ1n) is 4.76. The van der Waals surface area contributed by atoms with Crippen LogP contribution in [0, 0.1) is 0 Å². The van der Waals surface area contributed by atoms with Crippen LogP contribution < -0.4 is 5.73 Å². The Morgan fingerprint density at radius 3 is 2.69 bits per heavy atom. The lowest BCUT2D eigenvalue weighted by Gasteiger charge is -1.98. The van der Waals surface area contributed by atoms with Crippen LogP contribution in [0.15, 0.2) is 34.7 Å². The number of anilines is 1. The van der Waals surface area contributed by atoms with Crippen molar-refractivity contribution in [2.45, 2.75) is 0 Å². The smallest absolute Gasteiger partial charge is 0.150 e. The molecule has 16 heavy (non-hydrogen) atoms. The van der Waals surface area contributed by atoms with Crippen molar-refractivity contribution >= 4 is 39.2 Å². The topological polar surface area (TPSA) is 59.4 Å². The molecule has 0 unspecified atom stereocenters. The molecule has 0 amide bonds. The second-order valence-corrected chi connectivity index (χ2v) is 4.06. The molecule has 3 aromatic rings. The van der Waals surface area contributed by atoms with Gasteiger partial charge < -0.3 is 15.3 Å². The zero-order chi connectivity index (χ0) is 11.3. The van der Waals surface area contributed by atoms with E-state index in [1.807, 2.05) is 0 Å². The fraction of sp³-hybridized carbons (Fsp3) is 0. The Labute approximate surface area is 96.0 Å². The zero-order valence-corrected chi connectivity index (χ0v) is 8.95. The molecule has 1 heterocycles. The van der Waals surface area contributed by atoms with Gasteiger partial charge in [0.15, 0.2) is 0 Å². The average molecular weight is 234 g/mol. The highest BCUT2D eigenvalue weighted by Gasteiger charge is 2.12. The van der Waals surface area contributed by atoms with Crippen LogP contribution >= 0.6 is 11.6 Å². The van der Waals surface area contributed by atoms with Crippen LogP contribution in [0.2, 0.25) is 5.02 Å². The van der Waals surface area contributed by atoms with Crippen LogP contribution in [0.5, 0.6) is 5.75 Å². The molecule has 1 aromatic heterocycles. The third-order valence-electron chi connectivity index (χ3n) is 2.60. The Kier molecular flexibility index (Phi) is 1.79. The van der Waals surface area contributed by atoms with Crippen molar-refractivity contribution in [2.75, 3.05) is 5.73 Å².